The number of benzene rings is 1. The van der Waals surface area contributed by atoms with Crippen LogP contribution < -0.4 is 0 Å². The second-order valence-electron chi connectivity index (χ2n) is 4.92. The molecule has 4 nitrogen and oxygen atoms in total. The first kappa shape index (κ1) is 12.9. The molecule has 0 radical (unpaired) electrons. The highest BCUT2D eigenvalue weighted by Crippen LogP contribution is 2.43. The van der Waals surface area contributed by atoms with E-state index in [-0.39, 0.29) is 6.29 Å². The predicted molar refractivity (Wildman–Crippen MR) is 82.2 cm³/mol. The summed E-state index contributed by atoms with van der Waals surface area (Å²) < 4.78 is 11.4. The van der Waals surface area contributed by atoms with Crippen LogP contribution in [-0.2, 0) is 9.47 Å². The molecule has 0 spiro atoms. The minimum atomic E-state index is -0.292. The first-order valence-corrected chi connectivity index (χ1v) is 7.69. The van der Waals surface area contributed by atoms with Crippen LogP contribution in [-0.4, -0.2) is 23.2 Å². The molecule has 0 unspecified atom stereocenters. The van der Waals surface area contributed by atoms with Gasteiger partial charge in [-0.25, -0.2) is 9.97 Å². The summed E-state index contributed by atoms with van der Waals surface area (Å²) in [5.41, 5.74) is 2.27. The van der Waals surface area contributed by atoms with E-state index < -0.39 is 0 Å². The maximum absolute atomic E-state index is 5.70. The summed E-state index contributed by atoms with van der Waals surface area (Å²) in [6.45, 7) is 3.18. The van der Waals surface area contributed by atoms with Crippen molar-refractivity contribution in [1.29, 1.82) is 0 Å². The molecule has 1 aromatic carbocycles. The zero-order valence-corrected chi connectivity index (χ0v) is 12.4. The fourth-order valence-corrected chi connectivity index (χ4v) is 3.78. The summed E-state index contributed by atoms with van der Waals surface area (Å²) in [5, 5.41) is 1.06. The summed E-state index contributed by atoms with van der Waals surface area (Å²) in [7, 11) is 0. The number of ether oxygens (including phenoxy) is 2. The lowest BCUT2D eigenvalue weighted by Crippen LogP contribution is -1.96. The second kappa shape index (κ2) is 5.18. The van der Waals surface area contributed by atoms with E-state index in [1.165, 1.54) is 0 Å². The van der Waals surface area contributed by atoms with Gasteiger partial charge in [-0.3, -0.25) is 0 Å². The van der Waals surface area contributed by atoms with Gasteiger partial charge < -0.3 is 9.47 Å². The molecule has 0 atom stereocenters. The van der Waals surface area contributed by atoms with Crippen LogP contribution in [0.5, 0.6) is 0 Å². The topological polar surface area (TPSA) is 44.2 Å². The van der Waals surface area contributed by atoms with Crippen LogP contribution in [0, 0.1) is 6.92 Å². The van der Waals surface area contributed by atoms with Gasteiger partial charge in [-0.05, 0) is 12.5 Å². The van der Waals surface area contributed by atoms with Crippen LogP contribution in [0.15, 0.2) is 36.5 Å². The summed E-state index contributed by atoms with van der Waals surface area (Å²) >= 11 is 1.63. The van der Waals surface area contributed by atoms with Crippen LogP contribution in [0.4, 0.5) is 0 Å². The van der Waals surface area contributed by atoms with Gasteiger partial charge in [0.2, 0.25) is 0 Å². The Morgan fingerprint density at radius 2 is 1.90 bits per heavy atom. The molecule has 21 heavy (non-hydrogen) atoms. The fraction of sp³-hybridized carbons (Fsp3) is 0.250. The van der Waals surface area contributed by atoms with Crippen molar-refractivity contribution < 1.29 is 9.47 Å². The Balaban J connectivity index is 1.98. The van der Waals surface area contributed by atoms with Crippen molar-refractivity contribution in [2.24, 2.45) is 0 Å². The van der Waals surface area contributed by atoms with Crippen molar-refractivity contribution in [2.75, 3.05) is 13.2 Å². The largest absolute Gasteiger partial charge is 0.345 e. The van der Waals surface area contributed by atoms with Crippen molar-refractivity contribution in [3.8, 4) is 11.1 Å². The van der Waals surface area contributed by atoms with Crippen molar-refractivity contribution in [2.45, 2.75) is 13.2 Å². The molecule has 0 N–H and O–H groups in total. The molecule has 0 bridgehead atoms. The molecule has 0 saturated carbocycles. The summed E-state index contributed by atoms with van der Waals surface area (Å²) in [5.74, 6) is 0.781. The lowest BCUT2D eigenvalue weighted by Gasteiger charge is -2.10. The molecule has 1 aliphatic rings. The van der Waals surface area contributed by atoms with Gasteiger partial charge in [0.05, 0.1) is 18.1 Å². The first-order valence-electron chi connectivity index (χ1n) is 6.87. The molecule has 5 heteroatoms. The molecule has 1 fully saturated rings. The smallest absolute Gasteiger partial charge is 0.193 e. The number of thiophene rings is 1. The zero-order valence-electron chi connectivity index (χ0n) is 11.6. The highest BCUT2D eigenvalue weighted by molar-refractivity contribution is 7.19. The Bertz CT molecular complexity index is 780. The van der Waals surface area contributed by atoms with E-state index >= 15 is 0 Å². The molecule has 1 aliphatic heterocycles. The van der Waals surface area contributed by atoms with Gasteiger partial charge in [0, 0.05) is 17.1 Å². The van der Waals surface area contributed by atoms with Gasteiger partial charge >= 0.3 is 0 Å². The zero-order chi connectivity index (χ0) is 14.2. The molecule has 3 aromatic rings. The molecule has 3 heterocycles. The molecule has 1 saturated heterocycles. The van der Waals surface area contributed by atoms with Gasteiger partial charge in [0.1, 0.15) is 10.7 Å². The molecule has 0 amide bonds. The molecule has 106 valence electrons. The number of rotatable bonds is 2. The van der Waals surface area contributed by atoms with E-state index in [1.54, 1.807) is 11.3 Å². The van der Waals surface area contributed by atoms with Gasteiger partial charge in [-0.15, -0.1) is 11.3 Å². The average Bonchev–Trinajstić information content (AvgIpc) is 3.14. The fourth-order valence-electron chi connectivity index (χ4n) is 2.56. The summed E-state index contributed by atoms with van der Waals surface area (Å²) in [6.07, 6.45) is 1.61. The molecule has 0 aliphatic carbocycles. The first-order chi connectivity index (χ1) is 10.3. The average molecular weight is 298 g/mol. The third-order valence-corrected chi connectivity index (χ3v) is 4.62. The van der Waals surface area contributed by atoms with Crippen LogP contribution in [0.25, 0.3) is 21.3 Å². The van der Waals surface area contributed by atoms with E-state index in [1.807, 2.05) is 31.3 Å². The normalized spacial score (nSPS) is 15.9. The SMILES string of the molecule is Cc1ncc2c(-c3ccccc3)c(C3OCCO3)sc2n1. The second-order valence-corrected chi connectivity index (χ2v) is 5.95. The van der Waals surface area contributed by atoms with Gasteiger partial charge in [-0.2, -0.15) is 0 Å². The van der Waals surface area contributed by atoms with E-state index in [9.17, 15) is 0 Å². The monoisotopic (exact) mass is 298 g/mol. The van der Waals surface area contributed by atoms with Crippen molar-refractivity contribution in [1.82, 2.24) is 9.97 Å². The number of aryl methyl sites for hydroxylation is 1. The van der Waals surface area contributed by atoms with Crippen LogP contribution in [0.2, 0.25) is 0 Å². The van der Waals surface area contributed by atoms with Crippen LogP contribution in [0.3, 0.4) is 0 Å². The van der Waals surface area contributed by atoms with Crippen LogP contribution >= 0.6 is 11.3 Å². The third kappa shape index (κ3) is 2.23. The number of hydrogen-bond acceptors (Lipinski definition) is 5. The lowest BCUT2D eigenvalue weighted by molar-refractivity contribution is -0.0408. The van der Waals surface area contributed by atoms with E-state index in [0.717, 1.165) is 32.0 Å². The minimum absolute atomic E-state index is 0.292. The number of nitrogens with zero attached hydrogens (tertiary/aromatic N) is 2. The van der Waals surface area contributed by atoms with E-state index in [4.69, 9.17) is 9.47 Å². The Hall–Kier alpha value is -1.82. The highest BCUT2D eigenvalue weighted by atomic mass is 32.1. The van der Waals surface area contributed by atoms with Crippen molar-refractivity contribution >= 4 is 21.6 Å². The Labute approximate surface area is 126 Å². The molecule has 4 rings (SSSR count). The Morgan fingerprint density at radius 3 is 2.67 bits per heavy atom. The summed E-state index contributed by atoms with van der Waals surface area (Å²) in [4.78, 5) is 11.0. The van der Waals surface area contributed by atoms with Gasteiger partial charge in [0.15, 0.2) is 6.29 Å². The summed E-state index contributed by atoms with van der Waals surface area (Å²) in [6, 6.07) is 10.3. The van der Waals surface area contributed by atoms with Gasteiger partial charge in [-0.1, -0.05) is 30.3 Å². The number of hydrogen-bond donors (Lipinski definition) is 0. The molecular formula is C16H14N2O2S. The van der Waals surface area contributed by atoms with E-state index in [0.29, 0.717) is 13.2 Å². The Morgan fingerprint density at radius 1 is 1.14 bits per heavy atom. The molecular weight excluding hydrogens is 284 g/mol. The lowest BCUT2D eigenvalue weighted by atomic mass is 10.0. The third-order valence-electron chi connectivity index (χ3n) is 3.49. The maximum Gasteiger partial charge on any atom is 0.193 e. The number of fused-ring (bicyclic) bond motifs is 1. The minimum Gasteiger partial charge on any atom is -0.345 e. The number of aromatic nitrogens is 2. The van der Waals surface area contributed by atoms with Crippen LogP contribution in [0.1, 0.15) is 17.0 Å². The van der Waals surface area contributed by atoms with Crippen molar-refractivity contribution in [3.63, 3.8) is 0 Å². The van der Waals surface area contributed by atoms with Crippen molar-refractivity contribution in [3.05, 3.63) is 47.2 Å². The predicted octanol–water partition coefficient (Wildman–Crippen LogP) is 3.71. The quantitative estimate of drug-likeness (QED) is 0.723. The molecule has 2 aromatic heterocycles. The Kier molecular flexibility index (Phi) is 3.18. The standard InChI is InChI=1S/C16H14N2O2S/c1-10-17-9-12-13(11-5-3-2-4-6-11)14(21-15(12)18-10)16-19-7-8-20-16/h2-6,9,16H,7-8H2,1H3. The highest BCUT2D eigenvalue weighted by Gasteiger charge is 2.26. The maximum atomic E-state index is 5.70. The van der Waals surface area contributed by atoms with E-state index in [2.05, 4.69) is 22.1 Å². The van der Waals surface area contributed by atoms with Gasteiger partial charge in [0.25, 0.3) is 0 Å².